The molecule has 5 heteroatoms. The summed E-state index contributed by atoms with van der Waals surface area (Å²) in [6.07, 6.45) is 0. The van der Waals surface area contributed by atoms with Crippen molar-refractivity contribution >= 4 is 23.3 Å². The summed E-state index contributed by atoms with van der Waals surface area (Å²) in [5.41, 5.74) is 7.55. The second-order valence-corrected chi connectivity index (χ2v) is 4.69. The van der Waals surface area contributed by atoms with Gasteiger partial charge in [0.15, 0.2) is 5.75 Å². The monoisotopic (exact) mass is 291 g/mol. The quantitative estimate of drug-likeness (QED) is 0.690. The molecule has 0 saturated heterocycles. The van der Waals surface area contributed by atoms with Crippen molar-refractivity contribution in [2.45, 2.75) is 6.92 Å². The first-order valence-corrected chi connectivity index (χ1v) is 6.31. The summed E-state index contributed by atoms with van der Waals surface area (Å²) in [6, 6.07) is 10.0. The third kappa shape index (κ3) is 3.03. The van der Waals surface area contributed by atoms with Crippen LogP contribution in [0, 0.1) is 6.92 Å². The molecule has 104 valence electrons. The zero-order valence-corrected chi connectivity index (χ0v) is 11.9. The van der Waals surface area contributed by atoms with Gasteiger partial charge in [-0.15, -0.1) is 0 Å². The maximum Gasteiger partial charge on any atom is 0.337 e. The van der Waals surface area contributed by atoms with Crippen LogP contribution >= 0.6 is 11.6 Å². The van der Waals surface area contributed by atoms with Crippen LogP contribution in [0.4, 0.5) is 5.69 Å². The Bertz CT molecular complexity index is 656. The first-order chi connectivity index (χ1) is 9.51. The molecule has 2 N–H and O–H groups in total. The highest BCUT2D eigenvalue weighted by molar-refractivity contribution is 6.30. The predicted octanol–water partition coefficient (Wildman–Crippen LogP) is 3.81. The van der Waals surface area contributed by atoms with Crippen molar-refractivity contribution in [2.24, 2.45) is 0 Å². The van der Waals surface area contributed by atoms with E-state index in [4.69, 9.17) is 22.1 Å². The lowest BCUT2D eigenvalue weighted by Gasteiger charge is -2.12. The van der Waals surface area contributed by atoms with Crippen molar-refractivity contribution in [3.05, 3.63) is 52.5 Å². The Morgan fingerprint density at radius 1 is 1.15 bits per heavy atom. The van der Waals surface area contributed by atoms with Crippen LogP contribution in [0.15, 0.2) is 36.4 Å². The van der Waals surface area contributed by atoms with E-state index in [0.29, 0.717) is 27.8 Å². The van der Waals surface area contributed by atoms with Gasteiger partial charge < -0.3 is 15.2 Å². The number of aryl methyl sites for hydroxylation is 1. The molecular weight excluding hydrogens is 278 g/mol. The number of nitrogens with two attached hydrogens (primary N) is 1. The number of halogens is 1. The summed E-state index contributed by atoms with van der Waals surface area (Å²) in [5.74, 6) is 0.587. The van der Waals surface area contributed by atoms with Crippen LogP contribution in [0.3, 0.4) is 0 Å². The average Bonchev–Trinajstić information content (AvgIpc) is 2.43. The largest absolute Gasteiger partial charge is 0.465 e. The van der Waals surface area contributed by atoms with E-state index in [0.717, 1.165) is 5.56 Å². The SMILES string of the molecule is COC(=O)c1ccc(N)c(Oc2ccc(Cl)cc2C)c1. The first-order valence-electron chi connectivity index (χ1n) is 5.93. The van der Waals surface area contributed by atoms with E-state index in [9.17, 15) is 4.79 Å². The van der Waals surface area contributed by atoms with Gasteiger partial charge in [0.1, 0.15) is 5.75 Å². The molecule has 0 saturated carbocycles. The first kappa shape index (κ1) is 14.2. The van der Waals surface area contributed by atoms with E-state index in [1.54, 1.807) is 36.4 Å². The lowest BCUT2D eigenvalue weighted by Crippen LogP contribution is -2.02. The van der Waals surface area contributed by atoms with Gasteiger partial charge in [0.05, 0.1) is 18.4 Å². The summed E-state index contributed by atoms with van der Waals surface area (Å²) in [5, 5.41) is 0.631. The molecule has 4 nitrogen and oxygen atoms in total. The molecule has 2 rings (SSSR count). The molecule has 0 aromatic heterocycles. The Labute approximate surface area is 122 Å². The van der Waals surface area contributed by atoms with E-state index in [-0.39, 0.29) is 0 Å². The molecule has 0 atom stereocenters. The zero-order chi connectivity index (χ0) is 14.7. The number of carbonyl (C=O) groups excluding carboxylic acids is 1. The lowest BCUT2D eigenvalue weighted by molar-refractivity contribution is 0.0600. The summed E-state index contributed by atoms with van der Waals surface area (Å²) >= 11 is 5.90. The van der Waals surface area contributed by atoms with Crippen molar-refractivity contribution in [1.29, 1.82) is 0 Å². The summed E-state index contributed by atoms with van der Waals surface area (Å²) in [7, 11) is 1.32. The van der Waals surface area contributed by atoms with E-state index < -0.39 is 5.97 Å². The molecule has 2 aromatic carbocycles. The van der Waals surface area contributed by atoms with E-state index >= 15 is 0 Å². The standard InChI is InChI=1S/C15H14ClNO3/c1-9-7-11(16)4-6-13(9)20-14-8-10(15(18)19-2)3-5-12(14)17/h3-8H,17H2,1-2H3. The van der Waals surface area contributed by atoms with Gasteiger partial charge in [0, 0.05) is 5.02 Å². The number of esters is 1. The van der Waals surface area contributed by atoms with Crippen molar-refractivity contribution in [3.63, 3.8) is 0 Å². The number of ether oxygens (including phenoxy) is 2. The Hall–Kier alpha value is -2.20. The molecule has 0 aliphatic heterocycles. The molecule has 0 fully saturated rings. The van der Waals surface area contributed by atoms with Gasteiger partial charge in [0.2, 0.25) is 0 Å². The van der Waals surface area contributed by atoms with E-state index in [1.165, 1.54) is 7.11 Å². The summed E-state index contributed by atoms with van der Waals surface area (Å²) < 4.78 is 10.4. The highest BCUT2D eigenvalue weighted by Gasteiger charge is 2.11. The van der Waals surface area contributed by atoms with Crippen LogP contribution in [0.5, 0.6) is 11.5 Å². The highest BCUT2D eigenvalue weighted by Crippen LogP contribution is 2.31. The summed E-state index contributed by atoms with van der Waals surface area (Å²) in [4.78, 5) is 11.5. The molecular formula is C15H14ClNO3. The Morgan fingerprint density at radius 3 is 2.55 bits per heavy atom. The fourth-order valence-electron chi connectivity index (χ4n) is 1.71. The van der Waals surface area contributed by atoms with Crippen molar-refractivity contribution < 1.29 is 14.3 Å². The molecule has 0 unspecified atom stereocenters. The molecule has 0 amide bonds. The molecule has 0 aliphatic rings. The van der Waals surface area contributed by atoms with Crippen molar-refractivity contribution in [3.8, 4) is 11.5 Å². The fourth-order valence-corrected chi connectivity index (χ4v) is 1.94. The van der Waals surface area contributed by atoms with Crippen LogP contribution in [0.2, 0.25) is 5.02 Å². The predicted molar refractivity (Wildman–Crippen MR) is 78.5 cm³/mol. The number of carbonyl (C=O) groups is 1. The molecule has 0 heterocycles. The van der Waals surface area contributed by atoms with Gasteiger partial charge in [-0.1, -0.05) is 11.6 Å². The van der Waals surface area contributed by atoms with Gasteiger partial charge in [-0.05, 0) is 48.9 Å². The number of hydrogen-bond donors (Lipinski definition) is 1. The number of anilines is 1. The van der Waals surface area contributed by atoms with Crippen LogP contribution in [-0.2, 0) is 4.74 Å². The van der Waals surface area contributed by atoms with Crippen LogP contribution in [0.1, 0.15) is 15.9 Å². The summed E-state index contributed by atoms with van der Waals surface area (Å²) in [6.45, 7) is 1.88. The lowest BCUT2D eigenvalue weighted by atomic mass is 10.2. The normalized spacial score (nSPS) is 10.2. The fraction of sp³-hybridized carbons (Fsp3) is 0.133. The molecule has 0 bridgehead atoms. The van der Waals surface area contributed by atoms with E-state index in [1.807, 2.05) is 6.92 Å². The van der Waals surface area contributed by atoms with Crippen LogP contribution in [0.25, 0.3) is 0 Å². The molecule has 0 aliphatic carbocycles. The minimum absolute atomic E-state index is 0.378. The highest BCUT2D eigenvalue weighted by atomic mass is 35.5. The smallest absolute Gasteiger partial charge is 0.337 e. The third-order valence-corrected chi connectivity index (χ3v) is 3.03. The Balaban J connectivity index is 2.35. The number of methoxy groups -OCH3 is 1. The molecule has 0 spiro atoms. The third-order valence-electron chi connectivity index (χ3n) is 2.79. The molecule has 2 aromatic rings. The van der Waals surface area contributed by atoms with Gasteiger partial charge >= 0.3 is 5.97 Å². The minimum atomic E-state index is -0.442. The van der Waals surface area contributed by atoms with Gasteiger partial charge in [-0.25, -0.2) is 4.79 Å². The van der Waals surface area contributed by atoms with Gasteiger partial charge in [-0.2, -0.15) is 0 Å². The molecule has 20 heavy (non-hydrogen) atoms. The number of rotatable bonds is 3. The average molecular weight is 292 g/mol. The van der Waals surface area contributed by atoms with Crippen LogP contribution in [-0.4, -0.2) is 13.1 Å². The number of hydrogen-bond acceptors (Lipinski definition) is 4. The maximum atomic E-state index is 11.5. The number of benzene rings is 2. The van der Waals surface area contributed by atoms with Gasteiger partial charge in [0.25, 0.3) is 0 Å². The van der Waals surface area contributed by atoms with Crippen molar-refractivity contribution in [2.75, 3.05) is 12.8 Å². The number of nitrogen functional groups attached to an aromatic ring is 1. The maximum absolute atomic E-state index is 11.5. The van der Waals surface area contributed by atoms with Gasteiger partial charge in [-0.3, -0.25) is 0 Å². The second kappa shape index (κ2) is 5.84. The zero-order valence-electron chi connectivity index (χ0n) is 11.1. The minimum Gasteiger partial charge on any atom is -0.465 e. The second-order valence-electron chi connectivity index (χ2n) is 4.26. The van der Waals surface area contributed by atoms with Crippen LogP contribution < -0.4 is 10.5 Å². The molecule has 0 radical (unpaired) electrons. The van der Waals surface area contributed by atoms with E-state index in [2.05, 4.69) is 4.74 Å². The Morgan fingerprint density at radius 2 is 1.90 bits per heavy atom. The topological polar surface area (TPSA) is 61.5 Å². The Kier molecular flexibility index (Phi) is 4.15. The van der Waals surface area contributed by atoms with Crippen molar-refractivity contribution in [1.82, 2.24) is 0 Å².